The summed E-state index contributed by atoms with van der Waals surface area (Å²) in [4.78, 5) is 17.8. The van der Waals surface area contributed by atoms with Crippen molar-refractivity contribution in [1.82, 2.24) is 20.1 Å². The number of aryl methyl sites for hydroxylation is 1. The minimum absolute atomic E-state index is 0.137. The van der Waals surface area contributed by atoms with Crippen LogP contribution in [0.3, 0.4) is 0 Å². The van der Waals surface area contributed by atoms with Crippen molar-refractivity contribution in [3.8, 4) is 11.6 Å². The van der Waals surface area contributed by atoms with E-state index < -0.39 is 0 Å². The van der Waals surface area contributed by atoms with Gasteiger partial charge in [-0.05, 0) is 51.1 Å². The van der Waals surface area contributed by atoms with Crippen LogP contribution in [0.4, 0.5) is 16.3 Å². The minimum Gasteiger partial charge on any atom is -0.474 e. The molecule has 4 aromatic rings. The van der Waals surface area contributed by atoms with E-state index in [9.17, 15) is 4.79 Å². The zero-order valence-corrected chi connectivity index (χ0v) is 21.8. The summed E-state index contributed by atoms with van der Waals surface area (Å²) in [6.45, 7) is 10.2. The molecule has 2 aromatic carbocycles. The van der Waals surface area contributed by atoms with Crippen LogP contribution in [0, 0.1) is 6.92 Å². The fourth-order valence-corrected chi connectivity index (χ4v) is 4.42. The second kappa shape index (κ2) is 10.2. The molecule has 8 nitrogen and oxygen atoms in total. The molecule has 37 heavy (non-hydrogen) atoms. The van der Waals surface area contributed by atoms with Gasteiger partial charge in [-0.2, -0.15) is 5.10 Å². The van der Waals surface area contributed by atoms with E-state index in [0.717, 1.165) is 53.6 Å². The van der Waals surface area contributed by atoms with Gasteiger partial charge >= 0.3 is 6.03 Å². The van der Waals surface area contributed by atoms with Gasteiger partial charge in [0.15, 0.2) is 0 Å². The van der Waals surface area contributed by atoms with Crippen molar-refractivity contribution in [2.75, 3.05) is 23.7 Å². The summed E-state index contributed by atoms with van der Waals surface area (Å²) in [6, 6.07) is 17.5. The van der Waals surface area contributed by atoms with Crippen molar-refractivity contribution in [3.63, 3.8) is 0 Å². The van der Waals surface area contributed by atoms with Crippen LogP contribution in [0.5, 0.6) is 5.88 Å². The number of amides is 2. The van der Waals surface area contributed by atoms with Crippen molar-refractivity contribution in [2.24, 2.45) is 0 Å². The molecule has 8 heteroatoms. The fraction of sp³-hybridized carbons (Fsp3) is 0.345. The molecule has 1 saturated heterocycles. The Morgan fingerprint density at radius 2 is 1.73 bits per heavy atom. The van der Waals surface area contributed by atoms with Gasteiger partial charge in [-0.3, -0.25) is 5.32 Å². The number of carbonyl (C=O) groups excluding carboxylic acids is 1. The summed E-state index contributed by atoms with van der Waals surface area (Å²) in [7, 11) is 0. The first-order chi connectivity index (χ1) is 17.8. The Hall–Kier alpha value is -3.91. The Morgan fingerprint density at radius 1 is 1.03 bits per heavy atom. The van der Waals surface area contributed by atoms with Crippen molar-refractivity contribution < 1.29 is 9.53 Å². The number of benzene rings is 2. The highest BCUT2D eigenvalue weighted by Gasteiger charge is 2.22. The van der Waals surface area contributed by atoms with Gasteiger partial charge in [-0.1, -0.05) is 56.7 Å². The van der Waals surface area contributed by atoms with E-state index in [1.165, 1.54) is 0 Å². The number of ether oxygens (including phenoxy) is 1. The van der Waals surface area contributed by atoms with Crippen molar-refractivity contribution >= 4 is 28.3 Å². The molecule has 0 aliphatic carbocycles. The van der Waals surface area contributed by atoms with E-state index in [1.807, 2.05) is 61.5 Å². The number of nitrogens with zero attached hydrogens (tertiary/aromatic N) is 3. The van der Waals surface area contributed by atoms with Gasteiger partial charge in [0.2, 0.25) is 5.88 Å². The lowest BCUT2D eigenvalue weighted by atomic mass is 9.92. The Morgan fingerprint density at radius 3 is 2.43 bits per heavy atom. The maximum Gasteiger partial charge on any atom is 0.324 e. The molecule has 0 radical (unpaired) electrons. The molecule has 0 unspecified atom stereocenters. The number of carbonyl (C=O) groups is 1. The Labute approximate surface area is 217 Å². The lowest BCUT2D eigenvalue weighted by molar-refractivity contribution is 0.158. The van der Waals surface area contributed by atoms with Crippen LogP contribution in [0.25, 0.3) is 16.5 Å². The number of anilines is 2. The smallest absolute Gasteiger partial charge is 0.324 e. The number of hydrogen-bond acceptors (Lipinski definition) is 5. The standard InChI is InChI=1S/C29H34N6O2/c1-19-9-11-20(12-10-19)35-26(17-25(34-35)29(2,3)4)33-28(36)32-24-18-31-27(23-8-6-5-7-22(23)24)37-21-13-15-30-16-14-21/h5-12,17-18,21,30H,13-16H2,1-4H3,(H2,32,33,36). The van der Waals surface area contributed by atoms with E-state index in [4.69, 9.17) is 9.84 Å². The quantitative estimate of drug-likeness (QED) is 0.323. The molecule has 0 atom stereocenters. The Bertz CT molecular complexity index is 1400. The molecular weight excluding hydrogens is 464 g/mol. The van der Waals surface area contributed by atoms with E-state index >= 15 is 0 Å². The highest BCUT2D eigenvalue weighted by Crippen LogP contribution is 2.31. The normalized spacial score (nSPS) is 14.5. The summed E-state index contributed by atoms with van der Waals surface area (Å²) in [5.41, 5.74) is 3.36. The topological polar surface area (TPSA) is 93.1 Å². The zero-order chi connectivity index (χ0) is 26.0. The molecule has 0 bridgehead atoms. The van der Waals surface area contributed by atoms with Crippen LogP contribution in [0.15, 0.2) is 60.8 Å². The predicted octanol–water partition coefficient (Wildman–Crippen LogP) is 5.80. The van der Waals surface area contributed by atoms with Crippen molar-refractivity contribution in [3.05, 3.63) is 72.1 Å². The van der Waals surface area contributed by atoms with Gasteiger partial charge in [0.25, 0.3) is 0 Å². The van der Waals surface area contributed by atoms with E-state index in [1.54, 1.807) is 10.9 Å². The fourth-order valence-electron chi connectivity index (χ4n) is 4.42. The molecule has 192 valence electrons. The second-order valence-corrected chi connectivity index (χ2v) is 10.6. The van der Waals surface area contributed by atoms with Gasteiger partial charge in [-0.15, -0.1) is 0 Å². The minimum atomic E-state index is -0.368. The maximum absolute atomic E-state index is 13.2. The zero-order valence-electron chi connectivity index (χ0n) is 21.8. The Kier molecular flexibility index (Phi) is 6.84. The average molecular weight is 499 g/mol. The van der Waals surface area contributed by atoms with Crippen LogP contribution in [-0.4, -0.2) is 40.0 Å². The highest BCUT2D eigenvalue weighted by molar-refractivity contribution is 6.06. The predicted molar refractivity (Wildman–Crippen MR) is 148 cm³/mol. The number of fused-ring (bicyclic) bond motifs is 1. The molecular formula is C29H34N6O2. The molecule has 0 spiro atoms. The first kappa shape index (κ1) is 24.8. The molecule has 3 heterocycles. The lowest BCUT2D eigenvalue weighted by Gasteiger charge is -2.24. The van der Waals surface area contributed by atoms with Crippen LogP contribution >= 0.6 is 0 Å². The highest BCUT2D eigenvalue weighted by atomic mass is 16.5. The number of hydrogen-bond donors (Lipinski definition) is 3. The van der Waals surface area contributed by atoms with E-state index in [0.29, 0.717) is 17.4 Å². The number of urea groups is 1. The molecule has 1 aliphatic rings. The van der Waals surface area contributed by atoms with Gasteiger partial charge < -0.3 is 15.4 Å². The average Bonchev–Trinajstić information content (AvgIpc) is 3.31. The number of piperidine rings is 1. The molecule has 0 saturated carbocycles. The number of aromatic nitrogens is 3. The molecule has 3 N–H and O–H groups in total. The summed E-state index contributed by atoms with van der Waals surface area (Å²) in [5.74, 6) is 1.19. The Balaban J connectivity index is 1.40. The maximum atomic E-state index is 13.2. The van der Waals surface area contributed by atoms with Crippen molar-refractivity contribution in [1.29, 1.82) is 0 Å². The molecule has 1 fully saturated rings. The second-order valence-electron chi connectivity index (χ2n) is 10.6. The van der Waals surface area contributed by atoms with E-state index in [2.05, 4.69) is 41.7 Å². The summed E-state index contributed by atoms with van der Waals surface area (Å²) < 4.78 is 8.01. The van der Waals surface area contributed by atoms with Crippen LogP contribution in [0.2, 0.25) is 0 Å². The van der Waals surface area contributed by atoms with Gasteiger partial charge in [0.1, 0.15) is 11.9 Å². The van der Waals surface area contributed by atoms with Crippen LogP contribution in [0.1, 0.15) is 44.9 Å². The summed E-state index contributed by atoms with van der Waals surface area (Å²) in [6.07, 6.45) is 3.70. The van der Waals surface area contributed by atoms with Gasteiger partial charge in [-0.25, -0.2) is 14.5 Å². The first-order valence-electron chi connectivity index (χ1n) is 12.8. The number of rotatable bonds is 5. The molecule has 2 aromatic heterocycles. The molecule has 2 amide bonds. The van der Waals surface area contributed by atoms with Crippen molar-refractivity contribution in [2.45, 2.75) is 52.1 Å². The SMILES string of the molecule is Cc1ccc(-n2nc(C(C)(C)C)cc2NC(=O)Nc2cnc(OC3CCNCC3)c3ccccc23)cc1. The monoisotopic (exact) mass is 498 g/mol. The number of pyridine rings is 1. The first-order valence-corrected chi connectivity index (χ1v) is 12.8. The van der Waals surface area contributed by atoms with Crippen LogP contribution in [-0.2, 0) is 5.41 Å². The number of nitrogens with one attached hydrogen (secondary N) is 3. The van der Waals surface area contributed by atoms with Gasteiger partial charge in [0, 0.05) is 22.3 Å². The summed E-state index contributed by atoms with van der Waals surface area (Å²) >= 11 is 0. The third-order valence-corrected chi connectivity index (χ3v) is 6.57. The third kappa shape index (κ3) is 5.59. The molecule has 1 aliphatic heterocycles. The third-order valence-electron chi connectivity index (χ3n) is 6.57. The lowest BCUT2D eigenvalue weighted by Crippen LogP contribution is -2.34. The van der Waals surface area contributed by atoms with Crippen LogP contribution < -0.4 is 20.7 Å². The largest absolute Gasteiger partial charge is 0.474 e. The molecule has 5 rings (SSSR count). The van der Waals surface area contributed by atoms with Gasteiger partial charge in [0.05, 0.1) is 23.3 Å². The summed E-state index contributed by atoms with van der Waals surface area (Å²) in [5, 5.41) is 15.9. The van der Waals surface area contributed by atoms with E-state index in [-0.39, 0.29) is 17.6 Å².